The van der Waals surface area contributed by atoms with Crippen LogP contribution in [0.4, 0.5) is 0 Å². The molecule has 0 bridgehead atoms. The van der Waals surface area contributed by atoms with Crippen LogP contribution in [0, 0.1) is 5.92 Å². The minimum Gasteiger partial charge on any atom is -0.385 e. The van der Waals surface area contributed by atoms with Gasteiger partial charge in [-0.25, -0.2) is 0 Å². The van der Waals surface area contributed by atoms with E-state index in [1.54, 1.807) is 0 Å². The van der Waals surface area contributed by atoms with E-state index in [-0.39, 0.29) is 0 Å². The van der Waals surface area contributed by atoms with E-state index in [1.807, 2.05) is 6.08 Å². The number of hydrogen-bond donors (Lipinski definition) is 1. The van der Waals surface area contributed by atoms with E-state index in [9.17, 15) is 0 Å². The van der Waals surface area contributed by atoms with Gasteiger partial charge in [0, 0.05) is 12.2 Å². The molecule has 0 saturated heterocycles. The van der Waals surface area contributed by atoms with Gasteiger partial charge in [-0.3, -0.25) is 0 Å². The summed E-state index contributed by atoms with van der Waals surface area (Å²) in [4.78, 5) is 0. The lowest BCUT2D eigenvalue weighted by atomic mass is 10.1. The Kier molecular flexibility index (Phi) is 7.36. The SMILES string of the molecule is C=C(/C=C\C(C)=C(C)C)C(=C)NCCC(C)C. The van der Waals surface area contributed by atoms with Crippen molar-refractivity contribution in [3.05, 3.63) is 47.7 Å². The van der Waals surface area contributed by atoms with E-state index in [0.717, 1.165) is 24.2 Å². The highest BCUT2D eigenvalue weighted by molar-refractivity contribution is 5.37. The summed E-state index contributed by atoms with van der Waals surface area (Å²) in [6, 6.07) is 0. The minimum absolute atomic E-state index is 0.715. The largest absolute Gasteiger partial charge is 0.385 e. The number of hydrogen-bond acceptors (Lipinski definition) is 1. The summed E-state index contributed by atoms with van der Waals surface area (Å²) in [6.07, 6.45) is 5.27. The van der Waals surface area contributed by atoms with E-state index in [0.29, 0.717) is 5.92 Å². The summed E-state index contributed by atoms with van der Waals surface area (Å²) in [5.74, 6) is 0.715. The van der Waals surface area contributed by atoms with E-state index in [2.05, 4.69) is 59.2 Å². The van der Waals surface area contributed by atoms with Gasteiger partial charge in [0.15, 0.2) is 0 Å². The molecule has 0 atom stereocenters. The predicted octanol–water partition coefficient (Wildman–Crippen LogP) is 4.60. The van der Waals surface area contributed by atoms with E-state index >= 15 is 0 Å². The first-order chi connectivity index (χ1) is 7.84. The van der Waals surface area contributed by atoms with Crippen LogP contribution in [0.5, 0.6) is 0 Å². The molecule has 0 rings (SSSR count). The van der Waals surface area contributed by atoms with E-state index in [1.165, 1.54) is 11.1 Å². The summed E-state index contributed by atoms with van der Waals surface area (Å²) in [5, 5.41) is 3.31. The molecule has 1 nitrogen and oxygen atoms in total. The quantitative estimate of drug-likeness (QED) is 0.633. The fourth-order valence-electron chi connectivity index (χ4n) is 1.12. The van der Waals surface area contributed by atoms with Crippen molar-refractivity contribution in [2.75, 3.05) is 6.54 Å². The van der Waals surface area contributed by atoms with Gasteiger partial charge < -0.3 is 5.32 Å². The van der Waals surface area contributed by atoms with Crippen molar-refractivity contribution >= 4 is 0 Å². The fourth-order valence-corrected chi connectivity index (χ4v) is 1.12. The maximum absolute atomic E-state index is 4.01. The summed E-state index contributed by atoms with van der Waals surface area (Å²) < 4.78 is 0. The van der Waals surface area contributed by atoms with E-state index < -0.39 is 0 Å². The van der Waals surface area contributed by atoms with Gasteiger partial charge in [0.1, 0.15) is 0 Å². The molecule has 0 aliphatic rings. The Morgan fingerprint density at radius 1 is 1.12 bits per heavy atom. The van der Waals surface area contributed by atoms with Crippen molar-refractivity contribution in [1.82, 2.24) is 5.32 Å². The maximum atomic E-state index is 4.01. The first kappa shape index (κ1) is 15.8. The number of nitrogens with one attached hydrogen (secondary N) is 1. The molecule has 0 aromatic carbocycles. The molecule has 0 aromatic rings. The summed E-state index contributed by atoms with van der Waals surface area (Å²) in [6.45, 7) is 19.7. The number of allylic oxidation sites excluding steroid dienone is 4. The van der Waals surface area contributed by atoms with Crippen molar-refractivity contribution in [3.8, 4) is 0 Å². The molecule has 1 heteroatoms. The third-order valence-corrected chi connectivity index (χ3v) is 2.77. The topological polar surface area (TPSA) is 12.0 Å². The first-order valence-electron chi connectivity index (χ1n) is 6.28. The lowest BCUT2D eigenvalue weighted by molar-refractivity contribution is 0.566. The minimum atomic E-state index is 0.715. The molecule has 0 aliphatic heterocycles. The molecule has 0 unspecified atom stereocenters. The molecule has 0 aliphatic carbocycles. The lowest BCUT2D eigenvalue weighted by Crippen LogP contribution is -2.16. The van der Waals surface area contributed by atoms with Crippen LogP contribution in [0.3, 0.4) is 0 Å². The lowest BCUT2D eigenvalue weighted by Gasteiger charge is -2.11. The monoisotopic (exact) mass is 233 g/mol. The smallest absolute Gasteiger partial charge is 0.0334 e. The number of rotatable bonds is 7. The highest BCUT2D eigenvalue weighted by Crippen LogP contribution is 2.09. The third-order valence-electron chi connectivity index (χ3n) is 2.77. The fraction of sp³-hybridized carbons (Fsp3) is 0.500. The van der Waals surface area contributed by atoms with Gasteiger partial charge in [-0.05, 0) is 38.7 Å². The molecular formula is C16H27N. The second-order valence-electron chi connectivity index (χ2n) is 5.13. The highest BCUT2D eigenvalue weighted by Gasteiger charge is 1.97. The van der Waals surface area contributed by atoms with Crippen LogP contribution < -0.4 is 5.32 Å². The molecule has 1 N–H and O–H groups in total. The van der Waals surface area contributed by atoms with Crippen LogP contribution in [-0.4, -0.2) is 6.54 Å². The van der Waals surface area contributed by atoms with Crippen LogP contribution in [0.15, 0.2) is 47.7 Å². The summed E-state index contributed by atoms with van der Waals surface area (Å²) >= 11 is 0. The standard InChI is InChI=1S/C16H27N/c1-12(2)10-11-17-16(7)15(6)9-8-14(5)13(3)4/h8-9,12,17H,6-7,10-11H2,1-5H3/b9-8-. The van der Waals surface area contributed by atoms with Gasteiger partial charge in [-0.15, -0.1) is 0 Å². The zero-order valence-electron chi connectivity index (χ0n) is 12.1. The Hall–Kier alpha value is -1.24. The first-order valence-corrected chi connectivity index (χ1v) is 6.28. The van der Waals surface area contributed by atoms with Crippen molar-refractivity contribution < 1.29 is 0 Å². The molecular weight excluding hydrogens is 206 g/mol. The van der Waals surface area contributed by atoms with Crippen molar-refractivity contribution in [1.29, 1.82) is 0 Å². The third kappa shape index (κ3) is 7.62. The molecule has 0 heterocycles. The molecule has 0 saturated carbocycles. The molecule has 17 heavy (non-hydrogen) atoms. The Bertz CT molecular complexity index is 325. The van der Waals surface area contributed by atoms with Crippen LogP contribution in [0.25, 0.3) is 0 Å². The maximum Gasteiger partial charge on any atom is 0.0334 e. The average Bonchev–Trinajstić information content (AvgIpc) is 2.24. The molecule has 0 amide bonds. The van der Waals surface area contributed by atoms with Gasteiger partial charge >= 0.3 is 0 Å². The average molecular weight is 233 g/mol. The Balaban J connectivity index is 4.16. The summed E-state index contributed by atoms with van der Waals surface area (Å²) in [7, 11) is 0. The van der Waals surface area contributed by atoms with Crippen molar-refractivity contribution in [2.45, 2.75) is 41.0 Å². The van der Waals surface area contributed by atoms with Crippen LogP contribution in [0.1, 0.15) is 41.0 Å². The van der Waals surface area contributed by atoms with E-state index in [4.69, 9.17) is 0 Å². The predicted molar refractivity (Wildman–Crippen MR) is 78.9 cm³/mol. The molecule has 0 fully saturated rings. The Morgan fingerprint density at radius 3 is 2.18 bits per heavy atom. The summed E-state index contributed by atoms with van der Waals surface area (Å²) in [5.41, 5.74) is 4.48. The normalized spacial score (nSPS) is 10.7. The Morgan fingerprint density at radius 2 is 1.71 bits per heavy atom. The van der Waals surface area contributed by atoms with Crippen LogP contribution in [0.2, 0.25) is 0 Å². The van der Waals surface area contributed by atoms with Gasteiger partial charge in [0.25, 0.3) is 0 Å². The van der Waals surface area contributed by atoms with Crippen LogP contribution >= 0.6 is 0 Å². The molecule has 0 spiro atoms. The molecule has 0 aromatic heterocycles. The second-order valence-corrected chi connectivity index (χ2v) is 5.13. The molecule has 0 radical (unpaired) electrons. The van der Waals surface area contributed by atoms with Gasteiger partial charge in [-0.2, -0.15) is 0 Å². The highest BCUT2D eigenvalue weighted by atomic mass is 14.9. The zero-order valence-corrected chi connectivity index (χ0v) is 12.1. The van der Waals surface area contributed by atoms with Gasteiger partial charge in [0.05, 0.1) is 0 Å². The second kappa shape index (κ2) is 7.94. The zero-order chi connectivity index (χ0) is 13.4. The van der Waals surface area contributed by atoms with Gasteiger partial charge in [-0.1, -0.05) is 50.3 Å². The molecule has 96 valence electrons. The van der Waals surface area contributed by atoms with Crippen molar-refractivity contribution in [3.63, 3.8) is 0 Å². The van der Waals surface area contributed by atoms with Crippen LogP contribution in [-0.2, 0) is 0 Å². The van der Waals surface area contributed by atoms with Crippen molar-refractivity contribution in [2.24, 2.45) is 5.92 Å². The Labute approximate surface area is 107 Å². The van der Waals surface area contributed by atoms with Gasteiger partial charge in [0.2, 0.25) is 0 Å².